The van der Waals surface area contributed by atoms with Crippen molar-refractivity contribution >= 4 is 17.0 Å². The summed E-state index contributed by atoms with van der Waals surface area (Å²) < 4.78 is 13.3. The van der Waals surface area contributed by atoms with Crippen molar-refractivity contribution in [2.24, 2.45) is 4.99 Å². The van der Waals surface area contributed by atoms with Crippen molar-refractivity contribution in [3.05, 3.63) is 30.1 Å². The Morgan fingerprint density at radius 2 is 2.26 bits per heavy atom. The van der Waals surface area contributed by atoms with Gasteiger partial charge in [-0.15, -0.1) is 0 Å². The first kappa shape index (κ1) is 19.6. The summed E-state index contributed by atoms with van der Waals surface area (Å²) >= 11 is 0. The average molecular weight is 374 g/mol. The van der Waals surface area contributed by atoms with E-state index in [4.69, 9.17) is 9.47 Å². The first-order valence-electron chi connectivity index (χ1n) is 9.91. The molecule has 1 aromatic heterocycles. The fourth-order valence-corrected chi connectivity index (χ4v) is 3.26. The molecule has 7 heteroatoms. The van der Waals surface area contributed by atoms with E-state index in [1.165, 1.54) is 5.52 Å². The highest BCUT2D eigenvalue weighted by Crippen LogP contribution is 2.14. The lowest BCUT2D eigenvalue weighted by Gasteiger charge is -2.13. The molecule has 0 bridgehead atoms. The van der Waals surface area contributed by atoms with Crippen LogP contribution in [0.3, 0.4) is 0 Å². The van der Waals surface area contributed by atoms with Gasteiger partial charge in [-0.1, -0.05) is 12.1 Å². The lowest BCUT2D eigenvalue weighted by atomic mass is 10.3. The molecular formula is C20H31N5O2. The molecule has 0 aliphatic carbocycles. The van der Waals surface area contributed by atoms with Gasteiger partial charge in [-0.2, -0.15) is 0 Å². The van der Waals surface area contributed by atoms with Crippen LogP contribution in [-0.4, -0.2) is 61.1 Å². The van der Waals surface area contributed by atoms with Crippen LogP contribution >= 0.6 is 0 Å². The monoisotopic (exact) mass is 373 g/mol. The number of fused-ring (bicyclic) bond motifs is 1. The molecular weight excluding hydrogens is 342 g/mol. The van der Waals surface area contributed by atoms with Gasteiger partial charge < -0.3 is 24.7 Å². The van der Waals surface area contributed by atoms with Gasteiger partial charge in [-0.25, -0.2) is 4.98 Å². The highest BCUT2D eigenvalue weighted by molar-refractivity contribution is 5.79. The minimum atomic E-state index is 0.272. The molecule has 0 saturated carbocycles. The number of aryl methyl sites for hydroxylation is 1. The number of hydrogen-bond acceptors (Lipinski definition) is 4. The van der Waals surface area contributed by atoms with Crippen molar-refractivity contribution in [1.29, 1.82) is 0 Å². The number of aromatic nitrogens is 2. The Balaban J connectivity index is 1.43. The summed E-state index contributed by atoms with van der Waals surface area (Å²) in [5, 5.41) is 6.71. The lowest BCUT2D eigenvalue weighted by Crippen LogP contribution is -2.39. The Morgan fingerprint density at radius 3 is 3.07 bits per heavy atom. The van der Waals surface area contributed by atoms with Gasteiger partial charge in [0.2, 0.25) is 0 Å². The molecule has 1 atom stereocenters. The summed E-state index contributed by atoms with van der Waals surface area (Å²) in [4.78, 5) is 9.26. The van der Waals surface area contributed by atoms with Crippen molar-refractivity contribution in [2.75, 3.05) is 39.5 Å². The van der Waals surface area contributed by atoms with E-state index in [2.05, 4.69) is 57.2 Å². The van der Waals surface area contributed by atoms with Gasteiger partial charge >= 0.3 is 0 Å². The largest absolute Gasteiger partial charge is 0.379 e. The van der Waals surface area contributed by atoms with Crippen molar-refractivity contribution in [3.8, 4) is 0 Å². The molecule has 148 valence electrons. The third kappa shape index (κ3) is 5.68. The molecule has 27 heavy (non-hydrogen) atoms. The zero-order valence-electron chi connectivity index (χ0n) is 16.4. The number of imidazole rings is 1. The molecule has 1 saturated heterocycles. The Kier molecular flexibility index (Phi) is 7.47. The number of nitrogens with one attached hydrogen (secondary N) is 2. The van der Waals surface area contributed by atoms with E-state index < -0.39 is 0 Å². The van der Waals surface area contributed by atoms with E-state index >= 15 is 0 Å². The first-order chi connectivity index (χ1) is 13.3. The molecule has 1 fully saturated rings. The van der Waals surface area contributed by atoms with E-state index in [1.54, 1.807) is 0 Å². The maximum Gasteiger partial charge on any atom is 0.191 e. The predicted octanol–water partition coefficient (Wildman–Crippen LogP) is 2.10. The molecule has 1 unspecified atom stereocenters. The predicted molar refractivity (Wildman–Crippen MR) is 108 cm³/mol. The Morgan fingerprint density at radius 1 is 1.37 bits per heavy atom. The van der Waals surface area contributed by atoms with Crippen molar-refractivity contribution < 1.29 is 9.47 Å². The molecule has 2 aromatic rings. The van der Waals surface area contributed by atoms with Crippen molar-refractivity contribution in [2.45, 2.75) is 39.3 Å². The molecule has 2 N–H and O–H groups in total. The molecule has 0 spiro atoms. The van der Waals surface area contributed by atoms with Gasteiger partial charge in [-0.05, 0) is 38.8 Å². The molecule has 2 heterocycles. The highest BCUT2D eigenvalue weighted by Gasteiger charge is 2.15. The van der Waals surface area contributed by atoms with Crippen LogP contribution in [0.1, 0.15) is 25.6 Å². The summed E-state index contributed by atoms with van der Waals surface area (Å²) in [5.41, 5.74) is 2.22. The standard InChI is InChI=1S/C20H31N5O2/c1-3-21-20(22-10-6-13-27-17-9-14-26-15-17)23-11-12-25-16(2)24-18-7-4-5-8-19(18)25/h4-5,7-8,17H,3,6,9-15H2,1-2H3,(H2,21,22,23). The zero-order valence-corrected chi connectivity index (χ0v) is 16.4. The number of nitrogens with zero attached hydrogens (tertiary/aromatic N) is 3. The van der Waals surface area contributed by atoms with Gasteiger partial charge in [0.1, 0.15) is 5.82 Å². The maximum atomic E-state index is 5.78. The molecule has 1 aliphatic heterocycles. The quantitative estimate of drug-likeness (QED) is 0.400. The molecule has 7 nitrogen and oxygen atoms in total. The molecule has 0 radical (unpaired) electrons. The van der Waals surface area contributed by atoms with Gasteiger partial charge in [0.05, 0.1) is 23.7 Å². The Hall–Kier alpha value is -2.12. The Bertz CT molecular complexity index is 737. The first-order valence-corrected chi connectivity index (χ1v) is 9.91. The van der Waals surface area contributed by atoms with Crippen molar-refractivity contribution in [1.82, 2.24) is 20.2 Å². The fourth-order valence-electron chi connectivity index (χ4n) is 3.26. The second-order valence-corrected chi connectivity index (χ2v) is 6.70. The SMILES string of the molecule is CCNC(=NCCCOC1CCOC1)NCCn1c(C)nc2ccccc21. The number of para-hydroxylation sites is 2. The van der Waals surface area contributed by atoms with Gasteiger partial charge in [-0.3, -0.25) is 4.99 Å². The van der Waals surface area contributed by atoms with E-state index in [1.807, 2.05) is 6.07 Å². The van der Waals surface area contributed by atoms with Crippen molar-refractivity contribution in [3.63, 3.8) is 0 Å². The summed E-state index contributed by atoms with van der Waals surface area (Å²) in [6.07, 6.45) is 2.20. The van der Waals surface area contributed by atoms with E-state index in [-0.39, 0.29) is 6.10 Å². The lowest BCUT2D eigenvalue weighted by molar-refractivity contribution is 0.0424. The topological polar surface area (TPSA) is 72.7 Å². The zero-order chi connectivity index (χ0) is 18.9. The van der Waals surface area contributed by atoms with E-state index in [0.717, 1.165) is 76.1 Å². The molecule has 1 aromatic carbocycles. The van der Waals surface area contributed by atoms with Crippen LogP contribution in [0.15, 0.2) is 29.3 Å². The summed E-state index contributed by atoms with van der Waals surface area (Å²) in [7, 11) is 0. The molecule has 3 rings (SSSR count). The summed E-state index contributed by atoms with van der Waals surface area (Å²) in [5.74, 6) is 1.89. The molecule has 0 amide bonds. The number of aliphatic imine (C=N–C) groups is 1. The molecule has 1 aliphatic rings. The normalized spacial score (nSPS) is 17.6. The van der Waals surface area contributed by atoms with Gasteiger partial charge in [0.25, 0.3) is 0 Å². The van der Waals surface area contributed by atoms with Gasteiger partial charge in [0, 0.05) is 39.4 Å². The maximum absolute atomic E-state index is 5.78. The van der Waals surface area contributed by atoms with Gasteiger partial charge in [0.15, 0.2) is 5.96 Å². The van der Waals surface area contributed by atoms with Crippen LogP contribution in [0.4, 0.5) is 0 Å². The third-order valence-electron chi connectivity index (χ3n) is 4.63. The minimum absolute atomic E-state index is 0.272. The highest BCUT2D eigenvalue weighted by atomic mass is 16.5. The third-order valence-corrected chi connectivity index (χ3v) is 4.63. The number of guanidine groups is 1. The fraction of sp³-hybridized carbons (Fsp3) is 0.600. The smallest absolute Gasteiger partial charge is 0.191 e. The van der Waals surface area contributed by atoms with Crippen LogP contribution in [0.2, 0.25) is 0 Å². The van der Waals surface area contributed by atoms with Crippen LogP contribution < -0.4 is 10.6 Å². The van der Waals surface area contributed by atoms with Crippen LogP contribution in [-0.2, 0) is 16.0 Å². The van der Waals surface area contributed by atoms with Crippen LogP contribution in [0.25, 0.3) is 11.0 Å². The number of hydrogen-bond donors (Lipinski definition) is 2. The number of ether oxygens (including phenoxy) is 2. The summed E-state index contributed by atoms with van der Waals surface area (Å²) in [6.45, 7) is 9.65. The van der Waals surface area contributed by atoms with Crippen LogP contribution in [0.5, 0.6) is 0 Å². The van der Waals surface area contributed by atoms with E-state index in [0.29, 0.717) is 0 Å². The Labute approximate surface area is 161 Å². The van der Waals surface area contributed by atoms with Crippen LogP contribution in [0, 0.1) is 6.92 Å². The minimum Gasteiger partial charge on any atom is -0.379 e. The average Bonchev–Trinajstić information content (AvgIpc) is 3.29. The van der Waals surface area contributed by atoms with E-state index in [9.17, 15) is 0 Å². The summed E-state index contributed by atoms with van der Waals surface area (Å²) in [6, 6.07) is 8.25. The number of rotatable bonds is 9. The second kappa shape index (κ2) is 10.3. The second-order valence-electron chi connectivity index (χ2n) is 6.70. The number of benzene rings is 1.